The van der Waals surface area contributed by atoms with Crippen LogP contribution in [0.4, 0.5) is 0 Å². The van der Waals surface area contributed by atoms with E-state index in [1.165, 1.54) is 31.4 Å². The van der Waals surface area contributed by atoms with Crippen molar-refractivity contribution in [2.24, 2.45) is 4.99 Å². The summed E-state index contributed by atoms with van der Waals surface area (Å²) in [5.74, 6) is 0. The molecular formula is C10H21NSSi. The van der Waals surface area contributed by atoms with Gasteiger partial charge < -0.3 is 0 Å². The van der Waals surface area contributed by atoms with Crippen LogP contribution in [0.5, 0.6) is 0 Å². The SMILES string of the molecule is CN=C1CCCC(S[Si](C)(C)C)C1. The van der Waals surface area contributed by atoms with Gasteiger partial charge in [-0.25, -0.2) is 0 Å². The second-order valence-electron chi connectivity index (χ2n) is 4.74. The molecule has 0 aromatic rings. The molecule has 0 aromatic heterocycles. The van der Waals surface area contributed by atoms with Crippen molar-refractivity contribution in [2.45, 2.75) is 50.6 Å². The number of hydrogen-bond acceptors (Lipinski definition) is 2. The first-order valence-corrected chi connectivity index (χ1v) is 10.2. The Morgan fingerprint density at radius 1 is 1.38 bits per heavy atom. The van der Waals surface area contributed by atoms with E-state index in [-0.39, 0.29) is 0 Å². The summed E-state index contributed by atoms with van der Waals surface area (Å²) in [6.45, 7) is 7.32. The maximum Gasteiger partial charge on any atom is 0.108 e. The van der Waals surface area contributed by atoms with Crippen molar-refractivity contribution in [2.75, 3.05) is 7.05 Å². The Balaban J connectivity index is 2.43. The predicted molar refractivity (Wildman–Crippen MR) is 66.6 cm³/mol. The second kappa shape index (κ2) is 4.65. The summed E-state index contributed by atoms with van der Waals surface area (Å²) in [4.78, 5) is 4.35. The van der Waals surface area contributed by atoms with Crippen molar-refractivity contribution in [3.05, 3.63) is 0 Å². The van der Waals surface area contributed by atoms with Crippen LogP contribution in [-0.4, -0.2) is 25.2 Å². The van der Waals surface area contributed by atoms with Gasteiger partial charge in [0.2, 0.25) is 0 Å². The molecule has 1 unspecified atom stereocenters. The molecule has 13 heavy (non-hydrogen) atoms. The van der Waals surface area contributed by atoms with Gasteiger partial charge in [-0.3, -0.25) is 4.99 Å². The molecule has 0 spiro atoms. The first kappa shape index (κ1) is 11.3. The fraction of sp³-hybridized carbons (Fsp3) is 0.900. The summed E-state index contributed by atoms with van der Waals surface area (Å²) >= 11 is 2.25. The Morgan fingerprint density at radius 2 is 2.08 bits per heavy atom. The molecule has 0 aliphatic heterocycles. The van der Waals surface area contributed by atoms with Crippen LogP contribution in [0.2, 0.25) is 19.6 Å². The smallest absolute Gasteiger partial charge is 0.108 e. The van der Waals surface area contributed by atoms with Crippen LogP contribution in [-0.2, 0) is 0 Å². The highest BCUT2D eigenvalue weighted by atomic mass is 32.4. The maximum atomic E-state index is 4.35. The number of hydrogen-bond donors (Lipinski definition) is 0. The van der Waals surface area contributed by atoms with E-state index in [9.17, 15) is 0 Å². The number of rotatable bonds is 2. The van der Waals surface area contributed by atoms with E-state index < -0.39 is 7.22 Å². The summed E-state index contributed by atoms with van der Waals surface area (Å²) in [6, 6.07) is 0. The molecule has 1 aliphatic rings. The Morgan fingerprint density at radius 3 is 2.62 bits per heavy atom. The number of aliphatic imine (C=N–C) groups is 1. The molecule has 0 heterocycles. The molecule has 0 saturated heterocycles. The Bertz CT molecular complexity index is 196. The second-order valence-corrected chi connectivity index (χ2v) is 14.2. The average molecular weight is 215 g/mol. The van der Waals surface area contributed by atoms with Crippen molar-refractivity contribution in [1.29, 1.82) is 0 Å². The Kier molecular flexibility index (Phi) is 4.04. The monoisotopic (exact) mass is 215 g/mol. The Labute approximate surface area is 87.1 Å². The third-order valence-corrected chi connectivity index (χ3v) is 6.86. The van der Waals surface area contributed by atoms with Gasteiger partial charge in [-0.05, 0) is 25.7 Å². The van der Waals surface area contributed by atoms with Gasteiger partial charge in [0.05, 0.1) is 0 Å². The molecule has 1 aliphatic carbocycles. The highest BCUT2D eigenvalue weighted by Crippen LogP contribution is 2.33. The third-order valence-electron chi connectivity index (χ3n) is 2.29. The molecule has 0 radical (unpaired) electrons. The van der Waals surface area contributed by atoms with Crippen molar-refractivity contribution >= 4 is 24.1 Å². The zero-order valence-electron chi connectivity index (χ0n) is 9.26. The lowest BCUT2D eigenvalue weighted by molar-refractivity contribution is 0.682. The standard InChI is InChI=1S/C10H21NSSi/c1-11-9-6-5-7-10(8-9)12-13(2,3)4/h10H,5-8H2,1-4H3. The molecule has 0 amide bonds. The van der Waals surface area contributed by atoms with Crippen LogP contribution in [0.3, 0.4) is 0 Å². The summed E-state index contributed by atoms with van der Waals surface area (Å²) in [7, 11) is 1.02. The van der Waals surface area contributed by atoms with E-state index in [0.29, 0.717) is 0 Å². The van der Waals surface area contributed by atoms with Gasteiger partial charge in [-0.1, -0.05) is 19.6 Å². The molecule has 1 atom stereocenters. The van der Waals surface area contributed by atoms with Crippen molar-refractivity contribution in [1.82, 2.24) is 0 Å². The van der Waals surface area contributed by atoms with E-state index >= 15 is 0 Å². The number of nitrogens with zero attached hydrogens (tertiary/aromatic N) is 1. The van der Waals surface area contributed by atoms with Crippen LogP contribution in [0.1, 0.15) is 25.7 Å². The topological polar surface area (TPSA) is 12.4 Å². The summed E-state index contributed by atoms with van der Waals surface area (Å²) in [5, 5.41) is 0.874. The third kappa shape index (κ3) is 4.32. The minimum atomic E-state index is -0.925. The van der Waals surface area contributed by atoms with Gasteiger partial charge in [0.1, 0.15) is 7.22 Å². The first-order chi connectivity index (χ1) is 6.01. The van der Waals surface area contributed by atoms with Gasteiger partial charge in [-0.15, -0.1) is 0 Å². The van der Waals surface area contributed by atoms with E-state index in [2.05, 4.69) is 35.8 Å². The van der Waals surface area contributed by atoms with E-state index in [4.69, 9.17) is 0 Å². The van der Waals surface area contributed by atoms with Crippen molar-refractivity contribution in [3.63, 3.8) is 0 Å². The average Bonchev–Trinajstić information content (AvgIpc) is 2.01. The maximum absolute atomic E-state index is 4.35. The molecule has 1 rings (SSSR count). The van der Waals surface area contributed by atoms with Crippen LogP contribution in [0.15, 0.2) is 4.99 Å². The fourth-order valence-electron chi connectivity index (χ4n) is 1.80. The molecular weight excluding hydrogens is 194 g/mol. The molecule has 1 fully saturated rings. The lowest BCUT2D eigenvalue weighted by Crippen LogP contribution is -2.25. The van der Waals surface area contributed by atoms with Crippen LogP contribution < -0.4 is 0 Å². The van der Waals surface area contributed by atoms with Gasteiger partial charge >= 0.3 is 0 Å². The lowest BCUT2D eigenvalue weighted by Gasteiger charge is -2.28. The van der Waals surface area contributed by atoms with Gasteiger partial charge in [-0.2, -0.15) is 11.2 Å². The molecule has 0 bridgehead atoms. The van der Waals surface area contributed by atoms with Gasteiger partial charge in [0.25, 0.3) is 0 Å². The fourth-order valence-corrected chi connectivity index (χ4v) is 6.97. The van der Waals surface area contributed by atoms with Crippen LogP contribution >= 0.6 is 11.2 Å². The van der Waals surface area contributed by atoms with Gasteiger partial charge in [0, 0.05) is 18.0 Å². The quantitative estimate of drug-likeness (QED) is 0.642. The van der Waals surface area contributed by atoms with E-state index in [1.807, 2.05) is 7.05 Å². The van der Waals surface area contributed by atoms with E-state index in [0.717, 1.165) is 5.25 Å². The van der Waals surface area contributed by atoms with Crippen molar-refractivity contribution < 1.29 is 0 Å². The zero-order chi connectivity index (χ0) is 9.90. The van der Waals surface area contributed by atoms with Gasteiger partial charge in [0.15, 0.2) is 0 Å². The highest BCUT2D eigenvalue weighted by Gasteiger charge is 2.24. The lowest BCUT2D eigenvalue weighted by atomic mass is 9.98. The molecule has 1 nitrogen and oxygen atoms in total. The predicted octanol–water partition coefficient (Wildman–Crippen LogP) is 3.57. The molecule has 0 aromatic carbocycles. The minimum Gasteiger partial charge on any atom is -0.297 e. The molecule has 0 N–H and O–H groups in total. The van der Waals surface area contributed by atoms with E-state index in [1.54, 1.807) is 0 Å². The van der Waals surface area contributed by atoms with Crippen molar-refractivity contribution in [3.8, 4) is 0 Å². The normalized spacial score (nSPS) is 28.0. The molecule has 76 valence electrons. The summed E-state index contributed by atoms with van der Waals surface area (Å²) < 4.78 is 0. The summed E-state index contributed by atoms with van der Waals surface area (Å²) in [5.41, 5.74) is 1.45. The zero-order valence-corrected chi connectivity index (χ0v) is 11.1. The molecule has 3 heteroatoms. The van der Waals surface area contributed by atoms with Crippen LogP contribution in [0.25, 0.3) is 0 Å². The minimum absolute atomic E-state index is 0.874. The summed E-state index contributed by atoms with van der Waals surface area (Å²) in [6.07, 6.45) is 5.27. The molecule has 1 saturated carbocycles. The highest BCUT2D eigenvalue weighted by molar-refractivity contribution is 8.29. The van der Waals surface area contributed by atoms with Crippen LogP contribution in [0, 0.1) is 0 Å². The Hall–Kier alpha value is 0.237. The largest absolute Gasteiger partial charge is 0.297 e. The first-order valence-electron chi connectivity index (χ1n) is 5.13.